The van der Waals surface area contributed by atoms with Crippen LogP contribution in [-0.4, -0.2) is 19.6 Å². The van der Waals surface area contributed by atoms with Crippen molar-refractivity contribution in [3.8, 4) is 0 Å². The molecule has 0 radical (unpaired) electrons. The zero-order valence-corrected chi connectivity index (χ0v) is 9.03. The molecule has 2 aromatic rings. The van der Waals surface area contributed by atoms with Crippen molar-refractivity contribution in [3.63, 3.8) is 0 Å². The van der Waals surface area contributed by atoms with Crippen molar-refractivity contribution in [2.75, 3.05) is 13.7 Å². The molecule has 0 spiro atoms. The van der Waals surface area contributed by atoms with E-state index in [1.165, 1.54) is 7.11 Å². The summed E-state index contributed by atoms with van der Waals surface area (Å²) in [7, 11) is 1.36. The van der Waals surface area contributed by atoms with E-state index >= 15 is 0 Å². The molecule has 1 aromatic carbocycles. The van der Waals surface area contributed by atoms with E-state index in [9.17, 15) is 4.79 Å². The van der Waals surface area contributed by atoms with E-state index < -0.39 is 0 Å². The molecule has 0 aliphatic rings. The number of benzene rings is 1. The van der Waals surface area contributed by atoms with Crippen LogP contribution in [0.3, 0.4) is 0 Å². The fraction of sp³-hybridized carbons (Fsp3) is 0.250. The first-order valence-electron chi connectivity index (χ1n) is 5.05. The third kappa shape index (κ3) is 1.92. The second kappa shape index (κ2) is 4.37. The molecule has 0 aliphatic heterocycles. The van der Waals surface area contributed by atoms with Gasteiger partial charge in [0.25, 0.3) is 0 Å². The lowest BCUT2D eigenvalue weighted by atomic mass is 10.1. The van der Waals surface area contributed by atoms with Crippen LogP contribution in [0, 0.1) is 0 Å². The van der Waals surface area contributed by atoms with Gasteiger partial charge in [0.2, 0.25) is 0 Å². The number of furan rings is 1. The summed E-state index contributed by atoms with van der Waals surface area (Å²) in [6, 6.07) is 7.17. The van der Waals surface area contributed by atoms with E-state index in [-0.39, 0.29) is 5.97 Å². The molecule has 1 heterocycles. The maximum atomic E-state index is 11.3. The molecule has 1 aromatic heterocycles. The van der Waals surface area contributed by atoms with Crippen LogP contribution in [0.1, 0.15) is 16.1 Å². The van der Waals surface area contributed by atoms with Gasteiger partial charge in [0, 0.05) is 11.8 Å². The van der Waals surface area contributed by atoms with Gasteiger partial charge in [-0.05, 0) is 24.7 Å². The van der Waals surface area contributed by atoms with Crippen LogP contribution in [0.15, 0.2) is 28.7 Å². The number of hydrogen-bond acceptors (Lipinski definition) is 4. The number of esters is 1. The molecule has 4 nitrogen and oxygen atoms in total. The SMILES string of the molecule is COC(=O)c1ccc2cc(CCN)oc2c1. The lowest BCUT2D eigenvalue weighted by molar-refractivity contribution is 0.0601. The van der Waals surface area contributed by atoms with E-state index in [0.29, 0.717) is 24.1 Å². The molecule has 0 atom stereocenters. The molecule has 2 rings (SSSR count). The van der Waals surface area contributed by atoms with Crippen LogP contribution in [0.4, 0.5) is 0 Å². The van der Waals surface area contributed by atoms with Crippen LogP contribution in [0.25, 0.3) is 11.0 Å². The minimum atomic E-state index is -0.362. The Morgan fingerprint density at radius 1 is 1.44 bits per heavy atom. The number of fused-ring (bicyclic) bond motifs is 1. The Bertz CT molecular complexity index is 516. The zero-order chi connectivity index (χ0) is 11.5. The van der Waals surface area contributed by atoms with E-state index in [1.807, 2.05) is 12.1 Å². The van der Waals surface area contributed by atoms with Gasteiger partial charge in [-0.1, -0.05) is 6.07 Å². The Hall–Kier alpha value is -1.81. The Morgan fingerprint density at radius 2 is 2.25 bits per heavy atom. The highest BCUT2D eigenvalue weighted by molar-refractivity contribution is 5.93. The predicted molar refractivity (Wildman–Crippen MR) is 60.3 cm³/mol. The van der Waals surface area contributed by atoms with Crippen molar-refractivity contribution in [2.45, 2.75) is 6.42 Å². The van der Waals surface area contributed by atoms with Crippen LogP contribution in [0.5, 0.6) is 0 Å². The van der Waals surface area contributed by atoms with Crippen molar-refractivity contribution < 1.29 is 13.9 Å². The fourth-order valence-electron chi connectivity index (χ4n) is 1.60. The number of carbonyl (C=O) groups excluding carboxylic acids is 1. The normalized spacial score (nSPS) is 10.6. The Balaban J connectivity index is 2.41. The van der Waals surface area contributed by atoms with Crippen LogP contribution >= 0.6 is 0 Å². The molecule has 0 amide bonds. The average Bonchev–Trinajstić information content (AvgIpc) is 2.69. The van der Waals surface area contributed by atoms with Gasteiger partial charge in [0.1, 0.15) is 11.3 Å². The van der Waals surface area contributed by atoms with E-state index in [2.05, 4.69) is 4.74 Å². The number of nitrogens with two attached hydrogens (primary N) is 1. The largest absolute Gasteiger partial charge is 0.465 e. The minimum Gasteiger partial charge on any atom is -0.465 e. The summed E-state index contributed by atoms with van der Waals surface area (Å²) >= 11 is 0. The Kier molecular flexibility index (Phi) is 2.92. The van der Waals surface area contributed by atoms with Crippen molar-refractivity contribution in [2.24, 2.45) is 5.73 Å². The maximum absolute atomic E-state index is 11.3. The second-order valence-electron chi connectivity index (χ2n) is 3.50. The summed E-state index contributed by atoms with van der Waals surface area (Å²) in [6.45, 7) is 0.545. The topological polar surface area (TPSA) is 65.5 Å². The van der Waals surface area contributed by atoms with Gasteiger partial charge in [-0.3, -0.25) is 0 Å². The van der Waals surface area contributed by atoms with Crippen molar-refractivity contribution in [1.82, 2.24) is 0 Å². The third-order valence-corrected chi connectivity index (χ3v) is 2.38. The monoisotopic (exact) mass is 219 g/mol. The van der Waals surface area contributed by atoms with Gasteiger partial charge in [-0.2, -0.15) is 0 Å². The van der Waals surface area contributed by atoms with E-state index in [1.54, 1.807) is 12.1 Å². The van der Waals surface area contributed by atoms with Crippen molar-refractivity contribution >= 4 is 16.9 Å². The Labute approximate surface area is 93.0 Å². The Morgan fingerprint density at radius 3 is 2.94 bits per heavy atom. The first-order chi connectivity index (χ1) is 7.74. The molecule has 4 heteroatoms. The van der Waals surface area contributed by atoms with Gasteiger partial charge in [0.15, 0.2) is 0 Å². The molecule has 0 bridgehead atoms. The number of carbonyl (C=O) groups is 1. The lowest BCUT2D eigenvalue weighted by Crippen LogP contribution is -2.01. The highest BCUT2D eigenvalue weighted by atomic mass is 16.5. The third-order valence-electron chi connectivity index (χ3n) is 2.38. The predicted octanol–water partition coefficient (Wildman–Crippen LogP) is 1.72. The smallest absolute Gasteiger partial charge is 0.337 e. The first-order valence-corrected chi connectivity index (χ1v) is 5.05. The molecule has 84 valence electrons. The van der Waals surface area contributed by atoms with Gasteiger partial charge in [-0.15, -0.1) is 0 Å². The minimum absolute atomic E-state index is 0.362. The molecule has 0 unspecified atom stereocenters. The van der Waals surface area contributed by atoms with E-state index in [0.717, 1.165) is 11.1 Å². The summed E-state index contributed by atoms with van der Waals surface area (Å²) in [5, 5.41) is 0.969. The number of ether oxygens (including phenoxy) is 1. The average molecular weight is 219 g/mol. The molecule has 0 saturated heterocycles. The highest BCUT2D eigenvalue weighted by Gasteiger charge is 2.09. The summed E-state index contributed by atoms with van der Waals surface area (Å²) in [5.74, 6) is 0.471. The lowest BCUT2D eigenvalue weighted by Gasteiger charge is -1.97. The van der Waals surface area contributed by atoms with Crippen LogP contribution < -0.4 is 5.73 Å². The van der Waals surface area contributed by atoms with Crippen molar-refractivity contribution in [1.29, 1.82) is 0 Å². The highest BCUT2D eigenvalue weighted by Crippen LogP contribution is 2.21. The number of rotatable bonds is 3. The molecule has 0 aliphatic carbocycles. The zero-order valence-electron chi connectivity index (χ0n) is 9.03. The standard InChI is InChI=1S/C12H13NO3/c1-15-12(14)9-3-2-8-6-10(4-5-13)16-11(8)7-9/h2-3,6-7H,4-5,13H2,1H3. The number of hydrogen-bond donors (Lipinski definition) is 1. The molecule has 2 N–H and O–H groups in total. The summed E-state index contributed by atoms with van der Waals surface area (Å²) < 4.78 is 10.2. The van der Waals surface area contributed by atoms with Gasteiger partial charge < -0.3 is 14.9 Å². The summed E-state index contributed by atoms with van der Waals surface area (Å²) in [4.78, 5) is 11.3. The second-order valence-corrected chi connectivity index (χ2v) is 3.50. The molecule has 16 heavy (non-hydrogen) atoms. The maximum Gasteiger partial charge on any atom is 0.337 e. The number of methoxy groups -OCH3 is 1. The quantitative estimate of drug-likeness (QED) is 0.798. The molecule has 0 fully saturated rings. The van der Waals surface area contributed by atoms with Crippen LogP contribution in [0.2, 0.25) is 0 Å². The molecular formula is C12H13NO3. The van der Waals surface area contributed by atoms with Gasteiger partial charge in [-0.25, -0.2) is 4.79 Å². The summed E-state index contributed by atoms with van der Waals surface area (Å²) in [6.07, 6.45) is 0.697. The fourth-order valence-corrected chi connectivity index (χ4v) is 1.60. The van der Waals surface area contributed by atoms with E-state index in [4.69, 9.17) is 10.2 Å². The first kappa shape index (κ1) is 10.7. The van der Waals surface area contributed by atoms with Gasteiger partial charge in [0.05, 0.1) is 12.7 Å². The molecule has 0 saturated carbocycles. The van der Waals surface area contributed by atoms with Gasteiger partial charge >= 0.3 is 5.97 Å². The van der Waals surface area contributed by atoms with Crippen molar-refractivity contribution in [3.05, 3.63) is 35.6 Å². The molecular weight excluding hydrogens is 206 g/mol. The van der Waals surface area contributed by atoms with Crippen LogP contribution in [-0.2, 0) is 11.2 Å². The summed E-state index contributed by atoms with van der Waals surface area (Å²) in [5.41, 5.74) is 6.62.